The zero-order chi connectivity index (χ0) is 29.4. The minimum Gasteiger partial charge on any atom is -0.508 e. The van der Waals surface area contributed by atoms with Gasteiger partial charge in [0.1, 0.15) is 30.5 Å². The topological polar surface area (TPSA) is 142 Å². The lowest BCUT2D eigenvalue weighted by Gasteiger charge is -2.29. The van der Waals surface area contributed by atoms with Gasteiger partial charge in [-0.25, -0.2) is 4.79 Å². The largest absolute Gasteiger partial charge is 0.508 e. The summed E-state index contributed by atoms with van der Waals surface area (Å²) >= 11 is 1.33. The summed E-state index contributed by atoms with van der Waals surface area (Å²) in [5.41, 5.74) is 3.47. The predicted octanol–water partition coefficient (Wildman–Crippen LogP) is 2.89. The second kappa shape index (κ2) is 14.3. The summed E-state index contributed by atoms with van der Waals surface area (Å²) in [6.45, 7) is 7.73. The number of amides is 2. The zero-order valence-electron chi connectivity index (χ0n) is 23.6. The lowest BCUT2D eigenvalue weighted by Crippen LogP contribution is -2.54. The van der Waals surface area contributed by atoms with Crippen LogP contribution >= 0.6 is 11.8 Å². The smallest absolute Gasteiger partial charge is 0.329 e. The SMILES string of the molecule is CC/C=C(\SC)C(NC(=O)C(O)Cc1ccc(O)cc1)C(=O)N1CCCC1C(=O)OCc1nc(C)c(C)nc1C. The van der Waals surface area contributed by atoms with Crippen molar-refractivity contribution in [3.05, 3.63) is 63.6 Å². The van der Waals surface area contributed by atoms with E-state index in [0.29, 0.717) is 47.7 Å². The van der Waals surface area contributed by atoms with Crippen LogP contribution < -0.4 is 5.32 Å². The van der Waals surface area contributed by atoms with Crippen molar-refractivity contribution in [2.75, 3.05) is 12.8 Å². The van der Waals surface area contributed by atoms with Gasteiger partial charge >= 0.3 is 5.97 Å². The van der Waals surface area contributed by atoms with Gasteiger partial charge in [-0.05, 0) is 64.0 Å². The minimum atomic E-state index is -1.41. The normalized spacial score (nSPS) is 16.9. The molecule has 2 heterocycles. The van der Waals surface area contributed by atoms with E-state index in [4.69, 9.17) is 4.74 Å². The van der Waals surface area contributed by atoms with Gasteiger partial charge in [-0.15, -0.1) is 11.8 Å². The Bertz CT molecular complexity index is 1250. The molecule has 3 rings (SSSR count). The maximum Gasteiger partial charge on any atom is 0.329 e. The number of carbonyl (C=O) groups is 3. The van der Waals surface area contributed by atoms with Crippen LogP contribution in [0.25, 0.3) is 0 Å². The molecule has 3 atom stereocenters. The molecule has 11 heteroatoms. The van der Waals surface area contributed by atoms with Gasteiger partial charge in [-0.2, -0.15) is 0 Å². The molecule has 1 aliphatic heterocycles. The summed E-state index contributed by atoms with van der Waals surface area (Å²) in [5.74, 6) is -1.59. The van der Waals surface area contributed by atoms with Crippen molar-refractivity contribution in [3.63, 3.8) is 0 Å². The fourth-order valence-corrected chi connectivity index (χ4v) is 5.26. The fourth-order valence-electron chi connectivity index (χ4n) is 4.54. The number of aromatic hydroxyl groups is 1. The number of hydrogen-bond donors (Lipinski definition) is 3. The molecule has 1 aliphatic rings. The molecule has 3 N–H and O–H groups in total. The highest BCUT2D eigenvalue weighted by Gasteiger charge is 2.40. The number of aromatic nitrogens is 2. The number of aliphatic hydroxyl groups excluding tert-OH is 1. The van der Waals surface area contributed by atoms with Crippen molar-refractivity contribution < 1.29 is 29.3 Å². The van der Waals surface area contributed by atoms with Crippen molar-refractivity contribution in [2.24, 2.45) is 0 Å². The highest BCUT2D eigenvalue weighted by atomic mass is 32.2. The van der Waals surface area contributed by atoms with Crippen LogP contribution in [-0.2, 0) is 32.1 Å². The fraction of sp³-hybridized carbons (Fsp3) is 0.483. The second-order valence-corrected chi connectivity index (χ2v) is 10.7. The molecular weight excluding hydrogens is 532 g/mol. The van der Waals surface area contributed by atoms with E-state index in [9.17, 15) is 24.6 Å². The first-order chi connectivity index (χ1) is 19.0. The van der Waals surface area contributed by atoms with Gasteiger partial charge in [0.15, 0.2) is 0 Å². The Labute approximate surface area is 239 Å². The van der Waals surface area contributed by atoms with Crippen molar-refractivity contribution in [1.29, 1.82) is 0 Å². The molecule has 10 nitrogen and oxygen atoms in total. The van der Waals surface area contributed by atoms with Crippen LogP contribution in [0.5, 0.6) is 5.75 Å². The molecule has 0 saturated carbocycles. The van der Waals surface area contributed by atoms with Gasteiger partial charge in [0, 0.05) is 17.9 Å². The monoisotopic (exact) mass is 570 g/mol. The number of thioether (sulfide) groups is 1. The lowest BCUT2D eigenvalue weighted by atomic mass is 10.1. The Hall–Kier alpha value is -3.44. The van der Waals surface area contributed by atoms with E-state index in [1.807, 2.05) is 33.1 Å². The highest BCUT2D eigenvalue weighted by Crippen LogP contribution is 2.25. The number of nitrogens with one attached hydrogen (secondary N) is 1. The third-order valence-electron chi connectivity index (χ3n) is 6.87. The van der Waals surface area contributed by atoms with Crippen LogP contribution in [-0.4, -0.2) is 73.9 Å². The summed E-state index contributed by atoms with van der Waals surface area (Å²) < 4.78 is 5.58. The average molecular weight is 571 g/mol. The standard InChI is InChI=1S/C29H38N4O6S/c1-6-8-25(40-5)26(32-27(36)24(35)15-20-10-12-21(34)13-11-20)28(37)33-14-7-9-23(33)29(38)39-16-22-19(4)30-17(2)18(3)31-22/h8,10-13,23-24,26,34-35H,6-7,9,14-16H2,1-5H3,(H,32,36)/b25-8-. The van der Waals surface area contributed by atoms with E-state index in [1.54, 1.807) is 19.1 Å². The van der Waals surface area contributed by atoms with Crippen molar-refractivity contribution in [3.8, 4) is 5.75 Å². The third-order valence-corrected chi connectivity index (χ3v) is 7.74. The van der Waals surface area contributed by atoms with Gasteiger partial charge in [0.25, 0.3) is 5.91 Å². The molecule has 0 bridgehead atoms. The van der Waals surface area contributed by atoms with Crippen LogP contribution in [0.3, 0.4) is 0 Å². The summed E-state index contributed by atoms with van der Waals surface area (Å²) in [5, 5.41) is 22.8. The number of esters is 1. The summed E-state index contributed by atoms with van der Waals surface area (Å²) in [6, 6.07) is 4.33. The van der Waals surface area contributed by atoms with Gasteiger partial charge in [-0.1, -0.05) is 25.1 Å². The Morgan fingerprint density at radius 2 is 1.82 bits per heavy atom. The average Bonchev–Trinajstić information content (AvgIpc) is 3.42. The number of phenolic OH excluding ortho intramolecular Hbond substituents is 1. The van der Waals surface area contributed by atoms with Gasteiger partial charge < -0.3 is 25.2 Å². The van der Waals surface area contributed by atoms with Crippen LogP contribution in [0.1, 0.15) is 54.5 Å². The van der Waals surface area contributed by atoms with E-state index < -0.39 is 36.0 Å². The number of rotatable bonds is 11. The molecule has 3 unspecified atom stereocenters. The molecule has 2 aromatic rings. The molecule has 2 amide bonds. The van der Waals surface area contributed by atoms with Crippen LogP contribution in [0.2, 0.25) is 0 Å². The van der Waals surface area contributed by atoms with E-state index in [2.05, 4.69) is 15.3 Å². The molecule has 0 aliphatic carbocycles. The third kappa shape index (κ3) is 7.82. The van der Waals surface area contributed by atoms with Crippen molar-refractivity contribution >= 4 is 29.5 Å². The molecule has 0 radical (unpaired) electrons. The number of phenols is 1. The summed E-state index contributed by atoms with van der Waals surface area (Å²) in [4.78, 5) is 50.9. The first-order valence-corrected chi connectivity index (χ1v) is 14.6. The van der Waals surface area contributed by atoms with Gasteiger partial charge in [-0.3, -0.25) is 19.6 Å². The van der Waals surface area contributed by atoms with Gasteiger partial charge in [0.2, 0.25) is 5.91 Å². The van der Waals surface area contributed by atoms with Crippen LogP contribution in [0, 0.1) is 20.8 Å². The lowest BCUT2D eigenvalue weighted by molar-refractivity contribution is -0.155. The Balaban J connectivity index is 1.74. The Kier molecular flexibility index (Phi) is 11.1. The first kappa shape index (κ1) is 31.1. The number of nitrogens with zero attached hydrogens (tertiary/aromatic N) is 3. The van der Waals surface area contributed by atoms with E-state index in [0.717, 1.165) is 11.4 Å². The zero-order valence-corrected chi connectivity index (χ0v) is 24.5. The second-order valence-electron chi connectivity index (χ2n) is 9.77. The summed E-state index contributed by atoms with van der Waals surface area (Å²) in [7, 11) is 0. The number of aryl methyl sites for hydroxylation is 3. The van der Waals surface area contributed by atoms with E-state index in [1.165, 1.54) is 28.8 Å². The molecule has 1 aromatic carbocycles. The molecule has 1 saturated heterocycles. The Morgan fingerprint density at radius 3 is 2.48 bits per heavy atom. The van der Waals surface area contributed by atoms with Crippen molar-refractivity contribution in [2.45, 2.75) is 78.2 Å². The number of carbonyl (C=O) groups excluding carboxylic acids is 3. The minimum absolute atomic E-state index is 0.0125. The quantitative estimate of drug-likeness (QED) is 0.348. The van der Waals surface area contributed by atoms with Crippen LogP contribution in [0.4, 0.5) is 0 Å². The number of ether oxygens (including phenoxy) is 1. The Morgan fingerprint density at radius 1 is 1.15 bits per heavy atom. The summed E-state index contributed by atoms with van der Waals surface area (Å²) in [6.07, 6.45) is 3.95. The molecule has 1 aromatic heterocycles. The highest BCUT2D eigenvalue weighted by molar-refractivity contribution is 8.02. The molecule has 0 spiro atoms. The molecular formula is C29H38N4O6S. The van der Waals surface area contributed by atoms with Gasteiger partial charge in [0.05, 0.1) is 22.8 Å². The maximum absolute atomic E-state index is 13.8. The van der Waals surface area contributed by atoms with E-state index >= 15 is 0 Å². The molecule has 40 heavy (non-hydrogen) atoms. The number of allylic oxidation sites excluding steroid dienone is 1. The number of likely N-dealkylation sites (tertiary alicyclic amines) is 1. The molecule has 1 fully saturated rings. The predicted molar refractivity (Wildman–Crippen MR) is 152 cm³/mol. The van der Waals surface area contributed by atoms with Crippen LogP contribution in [0.15, 0.2) is 35.2 Å². The first-order valence-electron chi connectivity index (χ1n) is 13.3. The molecule has 216 valence electrons. The van der Waals surface area contributed by atoms with E-state index in [-0.39, 0.29) is 18.8 Å². The number of aliphatic hydroxyl groups is 1. The maximum atomic E-state index is 13.8. The number of benzene rings is 1. The van der Waals surface area contributed by atoms with Crippen molar-refractivity contribution in [1.82, 2.24) is 20.2 Å². The number of hydrogen-bond acceptors (Lipinski definition) is 9.